The summed E-state index contributed by atoms with van der Waals surface area (Å²) in [5.74, 6) is 0. The van der Waals surface area contributed by atoms with Gasteiger partial charge in [-0.3, -0.25) is 9.88 Å². The molecule has 0 bridgehead atoms. The maximum absolute atomic E-state index is 4.64. The summed E-state index contributed by atoms with van der Waals surface area (Å²) in [6.07, 6.45) is 2.46. The summed E-state index contributed by atoms with van der Waals surface area (Å²) in [4.78, 5) is 7.18. The van der Waals surface area contributed by atoms with Crippen LogP contribution in [-0.2, 0) is 6.54 Å². The van der Waals surface area contributed by atoms with Gasteiger partial charge in [-0.05, 0) is 32.0 Å². The van der Waals surface area contributed by atoms with Crippen LogP contribution < -0.4 is 5.32 Å². The molecule has 1 aromatic heterocycles. The second-order valence-electron chi connectivity index (χ2n) is 5.84. The van der Waals surface area contributed by atoms with Crippen molar-refractivity contribution in [3.8, 4) is 0 Å². The van der Waals surface area contributed by atoms with E-state index >= 15 is 0 Å². The Morgan fingerprint density at radius 2 is 2.00 bits per heavy atom. The molecule has 1 N–H and O–H groups in total. The lowest BCUT2D eigenvalue weighted by molar-refractivity contribution is 0.177. The topological polar surface area (TPSA) is 28.2 Å². The molecule has 1 atom stereocenters. The SMILES string of the molecule is CCCC(CNC(C)C)N(CC)Cc1cccc(C)n1. The van der Waals surface area contributed by atoms with E-state index in [-0.39, 0.29) is 0 Å². The van der Waals surface area contributed by atoms with E-state index in [1.807, 2.05) is 0 Å². The van der Waals surface area contributed by atoms with Crippen LogP contribution in [0.2, 0.25) is 0 Å². The lowest BCUT2D eigenvalue weighted by Gasteiger charge is -2.31. The smallest absolute Gasteiger partial charge is 0.0547 e. The highest BCUT2D eigenvalue weighted by molar-refractivity contribution is 5.10. The Labute approximate surface area is 124 Å². The third kappa shape index (κ3) is 6.02. The highest BCUT2D eigenvalue weighted by Crippen LogP contribution is 2.11. The van der Waals surface area contributed by atoms with Crippen LogP contribution in [0.3, 0.4) is 0 Å². The molecule has 3 heteroatoms. The van der Waals surface area contributed by atoms with Gasteiger partial charge in [0, 0.05) is 30.9 Å². The largest absolute Gasteiger partial charge is 0.313 e. The van der Waals surface area contributed by atoms with Crippen molar-refractivity contribution in [2.24, 2.45) is 0 Å². The first kappa shape index (κ1) is 17.1. The highest BCUT2D eigenvalue weighted by atomic mass is 15.2. The van der Waals surface area contributed by atoms with Gasteiger partial charge >= 0.3 is 0 Å². The molecule has 0 aliphatic rings. The molecule has 0 aliphatic heterocycles. The Hall–Kier alpha value is -0.930. The highest BCUT2D eigenvalue weighted by Gasteiger charge is 2.17. The number of likely N-dealkylation sites (N-methyl/N-ethyl adjacent to an activating group) is 1. The predicted molar refractivity (Wildman–Crippen MR) is 86.9 cm³/mol. The third-order valence-corrected chi connectivity index (χ3v) is 3.62. The normalized spacial score (nSPS) is 13.2. The zero-order valence-corrected chi connectivity index (χ0v) is 13.8. The number of hydrogen-bond acceptors (Lipinski definition) is 3. The molecule has 0 aromatic carbocycles. The van der Waals surface area contributed by atoms with Gasteiger partial charge in [0.2, 0.25) is 0 Å². The van der Waals surface area contributed by atoms with Crippen molar-refractivity contribution in [1.82, 2.24) is 15.2 Å². The van der Waals surface area contributed by atoms with E-state index in [1.165, 1.54) is 18.5 Å². The molecule has 1 unspecified atom stereocenters. The minimum atomic E-state index is 0.546. The van der Waals surface area contributed by atoms with Gasteiger partial charge in [-0.25, -0.2) is 0 Å². The first-order chi connectivity index (χ1) is 9.56. The molecule has 0 amide bonds. The van der Waals surface area contributed by atoms with Crippen LogP contribution in [0.5, 0.6) is 0 Å². The molecule has 20 heavy (non-hydrogen) atoms. The van der Waals surface area contributed by atoms with Crippen molar-refractivity contribution in [1.29, 1.82) is 0 Å². The van der Waals surface area contributed by atoms with Gasteiger partial charge in [0.25, 0.3) is 0 Å². The molecule has 3 nitrogen and oxygen atoms in total. The predicted octanol–water partition coefficient (Wildman–Crippen LogP) is 3.38. The van der Waals surface area contributed by atoms with E-state index in [1.54, 1.807) is 0 Å². The minimum Gasteiger partial charge on any atom is -0.313 e. The lowest BCUT2D eigenvalue weighted by atomic mass is 10.1. The zero-order valence-electron chi connectivity index (χ0n) is 13.8. The van der Waals surface area contributed by atoms with E-state index < -0.39 is 0 Å². The first-order valence-corrected chi connectivity index (χ1v) is 7.96. The van der Waals surface area contributed by atoms with Crippen molar-refractivity contribution in [2.75, 3.05) is 13.1 Å². The number of hydrogen-bond donors (Lipinski definition) is 1. The van der Waals surface area contributed by atoms with Crippen LogP contribution in [0.15, 0.2) is 18.2 Å². The summed E-state index contributed by atoms with van der Waals surface area (Å²) >= 11 is 0. The average molecular weight is 277 g/mol. The quantitative estimate of drug-likeness (QED) is 0.750. The Balaban J connectivity index is 2.68. The zero-order chi connectivity index (χ0) is 15.0. The molecule has 0 saturated heterocycles. The van der Waals surface area contributed by atoms with Crippen molar-refractivity contribution < 1.29 is 0 Å². The number of rotatable bonds is 9. The van der Waals surface area contributed by atoms with E-state index in [2.05, 4.69) is 68.0 Å². The molecular weight excluding hydrogens is 246 g/mol. The van der Waals surface area contributed by atoms with E-state index in [9.17, 15) is 0 Å². The van der Waals surface area contributed by atoms with Gasteiger partial charge in [0.15, 0.2) is 0 Å². The summed E-state index contributed by atoms with van der Waals surface area (Å²) in [6.45, 7) is 14.1. The average Bonchev–Trinajstić information content (AvgIpc) is 2.41. The fourth-order valence-corrected chi connectivity index (χ4v) is 2.51. The van der Waals surface area contributed by atoms with Gasteiger partial charge in [0.1, 0.15) is 0 Å². The van der Waals surface area contributed by atoms with Crippen LogP contribution in [-0.4, -0.2) is 35.1 Å². The van der Waals surface area contributed by atoms with Crippen molar-refractivity contribution in [3.63, 3.8) is 0 Å². The van der Waals surface area contributed by atoms with Gasteiger partial charge in [-0.2, -0.15) is 0 Å². The third-order valence-electron chi connectivity index (χ3n) is 3.62. The van der Waals surface area contributed by atoms with Crippen LogP contribution in [0.1, 0.15) is 51.9 Å². The molecule has 0 radical (unpaired) electrons. The van der Waals surface area contributed by atoms with Gasteiger partial charge in [0.05, 0.1) is 5.69 Å². The Morgan fingerprint density at radius 3 is 2.55 bits per heavy atom. The molecular formula is C17H31N3. The molecule has 114 valence electrons. The van der Waals surface area contributed by atoms with Gasteiger partial charge < -0.3 is 5.32 Å². The lowest BCUT2D eigenvalue weighted by Crippen LogP contribution is -2.43. The summed E-state index contributed by atoms with van der Waals surface area (Å²) in [5, 5.41) is 3.58. The fourth-order valence-electron chi connectivity index (χ4n) is 2.51. The molecule has 1 rings (SSSR count). The van der Waals surface area contributed by atoms with E-state index in [4.69, 9.17) is 0 Å². The fraction of sp³-hybridized carbons (Fsp3) is 0.706. The Bertz CT molecular complexity index is 376. The summed E-state index contributed by atoms with van der Waals surface area (Å²) in [6, 6.07) is 7.44. The summed E-state index contributed by atoms with van der Waals surface area (Å²) in [5.41, 5.74) is 2.28. The molecule has 0 saturated carbocycles. The maximum atomic E-state index is 4.64. The number of aryl methyl sites for hydroxylation is 1. The Kier molecular flexibility index (Phi) is 7.78. The molecule has 1 aromatic rings. The first-order valence-electron chi connectivity index (χ1n) is 7.96. The Morgan fingerprint density at radius 1 is 1.25 bits per heavy atom. The number of pyridine rings is 1. The van der Waals surface area contributed by atoms with E-state index in [0.717, 1.165) is 25.3 Å². The van der Waals surface area contributed by atoms with Crippen LogP contribution >= 0.6 is 0 Å². The summed E-state index contributed by atoms with van der Waals surface area (Å²) in [7, 11) is 0. The van der Waals surface area contributed by atoms with E-state index in [0.29, 0.717) is 12.1 Å². The van der Waals surface area contributed by atoms with Crippen LogP contribution in [0.4, 0.5) is 0 Å². The second kappa shape index (κ2) is 9.09. The number of aromatic nitrogens is 1. The second-order valence-corrected chi connectivity index (χ2v) is 5.84. The number of nitrogens with one attached hydrogen (secondary N) is 1. The molecule has 0 fully saturated rings. The van der Waals surface area contributed by atoms with Crippen LogP contribution in [0.25, 0.3) is 0 Å². The standard InChI is InChI=1S/C17H31N3/c1-6-9-17(12-18-14(3)4)20(7-2)13-16-11-8-10-15(5)19-16/h8,10-11,14,17-18H,6-7,9,12-13H2,1-5H3. The van der Waals surface area contributed by atoms with Gasteiger partial charge in [-0.15, -0.1) is 0 Å². The molecule has 1 heterocycles. The van der Waals surface area contributed by atoms with Crippen molar-refractivity contribution >= 4 is 0 Å². The van der Waals surface area contributed by atoms with Crippen molar-refractivity contribution in [2.45, 2.75) is 66.1 Å². The van der Waals surface area contributed by atoms with Crippen LogP contribution in [0, 0.1) is 6.92 Å². The molecule has 0 aliphatic carbocycles. The number of nitrogens with zero attached hydrogens (tertiary/aromatic N) is 2. The van der Waals surface area contributed by atoms with Crippen molar-refractivity contribution in [3.05, 3.63) is 29.6 Å². The summed E-state index contributed by atoms with van der Waals surface area (Å²) < 4.78 is 0. The maximum Gasteiger partial charge on any atom is 0.0547 e. The minimum absolute atomic E-state index is 0.546. The monoisotopic (exact) mass is 277 g/mol. The van der Waals surface area contributed by atoms with Gasteiger partial charge in [-0.1, -0.05) is 40.2 Å². The molecule has 0 spiro atoms.